The maximum atomic E-state index is 4.92. The van der Waals surface area contributed by atoms with Crippen LogP contribution in [0.2, 0.25) is 0 Å². The molecule has 8 nitrogen and oxygen atoms in total. The molecule has 0 bridgehead atoms. The van der Waals surface area contributed by atoms with E-state index in [1.165, 1.54) is 39.1 Å². The van der Waals surface area contributed by atoms with Gasteiger partial charge >= 0.3 is 0 Å². The van der Waals surface area contributed by atoms with E-state index in [1.54, 1.807) is 6.26 Å². The molecule has 2 aliphatic heterocycles. The number of piperazine rings is 1. The van der Waals surface area contributed by atoms with E-state index in [2.05, 4.69) is 42.1 Å². The van der Waals surface area contributed by atoms with E-state index in [1.807, 2.05) is 13.1 Å². The molecule has 27 heavy (non-hydrogen) atoms. The summed E-state index contributed by atoms with van der Waals surface area (Å²) >= 11 is 0. The Morgan fingerprint density at radius 3 is 2.67 bits per heavy atom. The van der Waals surface area contributed by atoms with E-state index < -0.39 is 0 Å². The second-order valence-corrected chi connectivity index (χ2v) is 7.58. The first kappa shape index (κ1) is 20.1. The van der Waals surface area contributed by atoms with E-state index in [-0.39, 0.29) is 0 Å². The minimum atomic E-state index is 0.862. The van der Waals surface area contributed by atoms with Gasteiger partial charge in [-0.15, -0.1) is 0 Å². The molecular formula is C19H35N7O. The van der Waals surface area contributed by atoms with Gasteiger partial charge in [0, 0.05) is 65.5 Å². The summed E-state index contributed by atoms with van der Waals surface area (Å²) in [4.78, 5) is 14.3. The van der Waals surface area contributed by atoms with Gasteiger partial charge in [0.05, 0.1) is 5.69 Å². The molecule has 0 amide bonds. The van der Waals surface area contributed by atoms with E-state index in [0.717, 1.165) is 57.3 Å². The summed E-state index contributed by atoms with van der Waals surface area (Å²) in [7, 11) is 4.11. The molecule has 1 aromatic rings. The molecule has 2 aliphatic rings. The van der Waals surface area contributed by atoms with Crippen LogP contribution in [0.1, 0.15) is 18.5 Å². The van der Waals surface area contributed by atoms with Gasteiger partial charge in [0.1, 0.15) is 6.26 Å². The monoisotopic (exact) mass is 377 g/mol. The SMILES string of the molecule is CN=C(NCCCN1CCCN(C)CC1)N1CCN(Cc2ccon2)CC1. The molecule has 2 fully saturated rings. The van der Waals surface area contributed by atoms with Gasteiger partial charge in [-0.3, -0.25) is 9.89 Å². The Kier molecular flexibility index (Phi) is 7.92. The molecule has 152 valence electrons. The molecule has 1 N–H and O–H groups in total. The molecule has 0 radical (unpaired) electrons. The highest BCUT2D eigenvalue weighted by atomic mass is 16.5. The number of aliphatic imine (C=N–C) groups is 1. The number of nitrogens with zero attached hydrogens (tertiary/aromatic N) is 6. The number of hydrogen-bond donors (Lipinski definition) is 1. The summed E-state index contributed by atoms with van der Waals surface area (Å²) in [5.74, 6) is 1.03. The van der Waals surface area contributed by atoms with Crippen LogP contribution >= 0.6 is 0 Å². The smallest absolute Gasteiger partial charge is 0.193 e. The lowest BCUT2D eigenvalue weighted by atomic mass is 10.3. The molecule has 2 saturated heterocycles. The summed E-state index contributed by atoms with van der Waals surface area (Å²) < 4.78 is 4.92. The van der Waals surface area contributed by atoms with Crippen LogP contribution in [0.4, 0.5) is 0 Å². The molecule has 0 unspecified atom stereocenters. The average molecular weight is 378 g/mol. The predicted molar refractivity (Wildman–Crippen MR) is 108 cm³/mol. The first-order chi connectivity index (χ1) is 13.2. The van der Waals surface area contributed by atoms with Gasteiger partial charge in [-0.2, -0.15) is 0 Å². The molecule has 3 rings (SSSR count). The highest BCUT2D eigenvalue weighted by Crippen LogP contribution is 2.07. The zero-order valence-corrected chi connectivity index (χ0v) is 16.9. The van der Waals surface area contributed by atoms with Crippen LogP contribution in [0, 0.1) is 0 Å². The third-order valence-corrected chi connectivity index (χ3v) is 5.51. The molecule has 0 saturated carbocycles. The summed E-state index contributed by atoms with van der Waals surface area (Å²) in [6, 6.07) is 1.94. The maximum Gasteiger partial charge on any atom is 0.193 e. The summed E-state index contributed by atoms with van der Waals surface area (Å²) in [5.41, 5.74) is 1.01. The number of likely N-dealkylation sites (N-methyl/N-ethyl adjacent to an activating group) is 1. The first-order valence-electron chi connectivity index (χ1n) is 10.2. The quantitative estimate of drug-likeness (QED) is 0.437. The van der Waals surface area contributed by atoms with Crippen LogP contribution in [0.15, 0.2) is 21.8 Å². The zero-order valence-electron chi connectivity index (χ0n) is 16.9. The molecule has 0 spiro atoms. The first-order valence-corrected chi connectivity index (χ1v) is 10.2. The minimum Gasteiger partial charge on any atom is -0.364 e. The third-order valence-electron chi connectivity index (χ3n) is 5.51. The maximum absolute atomic E-state index is 4.92. The lowest BCUT2D eigenvalue weighted by Crippen LogP contribution is -2.52. The van der Waals surface area contributed by atoms with Gasteiger partial charge < -0.3 is 24.5 Å². The van der Waals surface area contributed by atoms with Crippen LogP contribution in [-0.4, -0.2) is 110 Å². The Labute approximate surface area is 163 Å². The van der Waals surface area contributed by atoms with Gasteiger partial charge in [0.2, 0.25) is 0 Å². The second-order valence-electron chi connectivity index (χ2n) is 7.58. The summed E-state index contributed by atoms with van der Waals surface area (Å²) in [5, 5.41) is 7.56. The van der Waals surface area contributed by atoms with Crippen molar-refractivity contribution in [3.05, 3.63) is 18.0 Å². The summed E-state index contributed by atoms with van der Waals surface area (Å²) in [6.45, 7) is 11.9. The van der Waals surface area contributed by atoms with Crippen molar-refractivity contribution in [3.8, 4) is 0 Å². The van der Waals surface area contributed by atoms with Gasteiger partial charge in [-0.1, -0.05) is 5.16 Å². The van der Waals surface area contributed by atoms with E-state index in [4.69, 9.17) is 4.52 Å². The predicted octanol–water partition coefficient (Wildman–Crippen LogP) is 0.395. The lowest BCUT2D eigenvalue weighted by molar-refractivity contribution is 0.169. The fourth-order valence-electron chi connectivity index (χ4n) is 3.82. The van der Waals surface area contributed by atoms with Crippen molar-refractivity contribution < 1.29 is 4.52 Å². The zero-order chi connectivity index (χ0) is 18.9. The molecule has 0 aromatic carbocycles. The molecule has 0 atom stereocenters. The average Bonchev–Trinajstić information content (AvgIpc) is 3.10. The number of guanidine groups is 1. The van der Waals surface area contributed by atoms with Crippen molar-refractivity contribution in [2.24, 2.45) is 4.99 Å². The van der Waals surface area contributed by atoms with Crippen LogP contribution in [-0.2, 0) is 6.54 Å². The Morgan fingerprint density at radius 1 is 1.11 bits per heavy atom. The third kappa shape index (κ3) is 6.48. The number of nitrogens with one attached hydrogen (secondary N) is 1. The fourth-order valence-corrected chi connectivity index (χ4v) is 3.82. The van der Waals surface area contributed by atoms with Crippen LogP contribution in [0.3, 0.4) is 0 Å². The van der Waals surface area contributed by atoms with Crippen molar-refractivity contribution in [1.29, 1.82) is 0 Å². The number of hydrogen-bond acceptors (Lipinski definition) is 6. The topological polar surface area (TPSA) is 63.4 Å². The highest BCUT2D eigenvalue weighted by Gasteiger charge is 2.20. The van der Waals surface area contributed by atoms with Gasteiger partial charge in [0.25, 0.3) is 0 Å². The van der Waals surface area contributed by atoms with Crippen molar-refractivity contribution in [2.75, 3.05) is 79.5 Å². The van der Waals surface area contributed by atoms with Crippen molar-refractivity contribution in [1.82, 2.24) is 30.1 Å². The Hall–Kier alpha value is -1.64. The van der Waals surface area contributed by atoms with E-state index in [9.17, 15) is 0 Å². The minimum absolute atomic E-state index is 0.862. The molecular weight excluding hydrogens is 342 g/mol. The van der Waals surface area contributed by atoms with Gasteiger partial charge in [0.15, 0.2) is 5.96 Å². The molecule has 0 aliphatic carbocycles. The van der Waals surface area contributed by atoms with Crippen LogP contribution in [0.5, 0.6) is 0 Å². The molecule has 1 aromatic heterocycles. The highest BCUT2D eigenvalue weighted by molar-refractivity contribution is 5.79. The Bertz CT molecular complexity index is 554. The van der Waals surface area contributed by atoms with E-state index >= 15 is 0 Å². The summed E-state index contributed by atoms with van der Waals surface area (Å²) in [6.07, 6.45) is 4.08. The normalized spacial score (nSPS) is 21.4. The van der Waals surface area contributed by atoms with Crippen molar-refractivity contribution in [3.63, 3.8) is 0 Å². The second kappa shape index (κ2) is 10.6. The molecule has 8 heteroatoms. The van der Waals surface area contributed by atoms with Crippen LogP contribution in [0.25, 0.3) is 0 Å². The Morgan fingerprint density at radius 2 is 1.93 bits per heavy atom. The van der Waals surface area contributed by atoms with E-state index in [0.29, 0.717) is 0 Å². The van der Waals surface area contributed by atoms with Gasteiger partial charge in [-0.25, -0.2) is 0 Å². The Balaban J connectivity index is 1.32. The largest absolute Gasteiger partial charge is 0.364 e. The number of aromatic nitrogens is 1. The van der Waals surface area contributed by atoms with Crippen molar-refractivity contribution >= 4 is 5.96 Å². The lowest BCUT2D eigenvalue weighted by Gasteiger charge is -2.36. The van der Waals surface area contributed by atoms with Crippen molar-refractivity contribution in [2.45, 2.75) is 19.4 Å². The fraction of sp³-hybridized carbons (Fsp3) is 0.789. The number of rotatable bonds is 6. The molecule has 3 heterocycles. The van der Waals surface area contributed by atoms with Crippen LogP contribution < -0.4 is 5.32 Å². The standard InChI is InChI=1S/C19H35N7O/c1-20-19(21-6-3-8-24-9-4-7-23(2)10-11-24)26-14-12-25(13-15-26)17-18-5-16-27-22-18/h5,16H,3-4,6-15,17H2,1-2H3,(H,20,21). The van der Waals surface area contributed by atoms with Gasteiger partial charge in [-0.05, 0) is 39.5 Å².